The molecule has 0 radical (unpaired) electrons. The molecule has 1 saturated heterocycles. The first kappa shape index (κ1) is 20.3. The maximum absolute atomic E-state index is 12.5. The van der Waals surface area contributed by atoms with Crippen molar-refractivity contribution in [3.8, 4) is 11.5 Å². The molecular weight excluding hydrogens is 387 g/mol. The van der Waals surface area contributed by atoms with Crippen molar-refractivity contribution in [1.82, 2.24) is 4.90 Å². The number of ether oxygens (including phenoxy) is 2. The molecule has 1 spiro atoms. The molecule has 1 aromatic rings. The number of amides is 1. The van der Waals surface area contributed by atoms with Gasteiger partial charge in [-0.15, -0.1) is 13.2 Å². The Labute approximate surface area is 167 Å². The lowest BCUT2D eigenvalue weighted by Gasteiger charge is -2.55. The van der Waals surface area contributed by atoms with Gasteiger partial charge >= 0.3 is 6.36 Å². The number of benzene rings is 1. The summed E-state index contributed by atoms with van der Waals surface area (Å²) in [5, 5.41) is 9.82. The van der Waals surface area contributed by atoms with Crippen molar-refractivity contribution in [3.05, 3.63) is 24.3 Å². The molecule has 4 rings (SSSR count). The van der Waals surface area contributed by atoms with Gasteiger partial charge in [0, 0.05) is 30.5 Å². The summed E-state index contributed by atoms with van der Waals surface area (Å²) in [5.41, 5.74) is -0.552. The van der Waals surface area contributed by atoms with Gasteiger partial charge in [0.2, 0.25) is 5.91 Å². The van der Waals surface area contributed by atoms with Crippen LogP contribution in [0, 0.1) is 11.3 Å². The van der Waals surface area contributed by atoms with Crippen molar-refractivity contribution in [3.63, 3.8) is 0 Å². The monoisotopic (exact) mass is 413 g/mol. The number of likely N-dealkylation sites (tertiary alicyclic amines) is 1. The number of nitrogens with zero attached hydrogens (tertiary/aromatic N) is 1. The van der Waals surface area contributed by atoms with Gasteiger partial charge < -0.3 is 19.5 Å². The van der Waals surface area contributed by atoms with Crippen LogP contribution >= 0.6 is 0 Å². The van der Waals surface area contributed by atoms with Crippen LogP contribution in [0.5, 0.6) is 11.5 Å². The smallest absolute Gasteiger partial charge is 0.490 e. The summed E-state index contributed by atoms with van der Waals surface area (Å²) in [6, 6.07) is 5.62. The number of halogens is 3. The number of carbonyl (C=O) groups is 1. The number of alkyl halides is 3. The molecular formula is C21H26F3NO4. The van der Waals surface area contributed by atoms with Crippen molar-refractivity contribution in [2.45, 2.75) is 63.5 Å². The Morgan fingerprint density at radius 3 is 2.38 bits per heavy atom. The van der Waals surface area contributed by atoms with E-state index in [4.69, 9.17) is 4.74 Å². The highest BCUT2D eigenvalue weighted by Gasteiger charge is 2.51. The first-order chi connectivity index (χ1) is 13.5. The van der Waals surface area contributed by atoms with E-state index in [9.17, 15) is 23.1 Å². The van der Waals surface area contributed by atoms with Crippen molar-refractivity contribution in [2.75, 3.05) is 13.1 Å². The molecule has 1 aliphatic heterocycles. The second kappa shape index (κ2) is 7.07. The Bertz CT molecular complexity index is 755. The third-order valence-electron chi connectivity index (χ3n) is 6.42. The van der Waals surface area contributed by atoms with Gasteiger partial charge in [-0.1, -0.05) is 6.07 Å². The quantitative estimate of drug-likeness (QED) is 0.814. The first-order valence-electron chi connectivity index (χ1n) is 10.1. The fourth-order valence-corrected chi connectivity index (χ4v) is 4.93. The number of hydrogen-bond acceptors (Lipinski definition) is 4. The van der Waals surface area contributed by atoms with E-state index in [1.165, 1.54) is 18.2 Å². The fraction of sp³-hybridized carbons (Fsp3) is 0.667. The summed E-state index contributed by atoms with van der Waals surface area (Å²) in [6.45, 7) is 3.28. The van der Waals surface area contributed by atoms with E-state index in [1.54, 1.807) is 13.0 Å². The van der Waals surface area contributed by atoms with E-state index in [1.807, 2.05) is 4.90 Å². The van der Waals surface area contributed by atoms with E-state index in [0.29, 0.717) is 18.6 Å². The van der Waals surface area contributed by atoms with Gasteiger partial charge in [0.25, 0.3) is 0 Å². The van der Waals surface area contributed by atoms with E-state index in [0.717, 1.165) is 38.8 Å². The summed E-state index contributed by atoms with van der Waals surface area (Å²) >= 11 is 0. The largest absolute Gasteiger partial charge is 0.573 e. The molecule has 1 heterocycles. The molecule has 5 nitrogen and oxygen atoms in total. The number of carbonyl (C=O) groups excluding carboxylic acids is 1. The van der Waals surface area contributed by atoms with Gasteiger partial charge in [0.1, 0.15) is 11.5 Å². The molecule has 1 aromatic carbocycles. The lowest BCUT2D eigenvalue weighted by atomic mass is 9.66. The normalized spacial score (nSPS) is 29.1. The molecule has 29 heavy (non-hydrogen) atoms. The highest BCUT2D eigenvalue weighted by atomic mass is 19.4. The van der Waals surface area contributed by atoms with Gasteiger partial charge in [-0.05, 0) is 57.6 Å². The van der Waals surface area contributed by atoms with Gasteiger partial charge in [-0.3, -0.25) is 4.79 Å². The Kier molecular flexibility index (Phi) is 4.96. The molecule has 1 amide bonds. The number of rotatable bonds is 4. The molecule has 0 aromatic heterocycles. The minimum absolute atomic E-state index is 0.0479. The maximum atomic E-state index is 12.5. The molecule has 0 unspecified atom stereocenters. The molecule has 160 valence electrons. The van der Waals surface area contributed by atoms with Gasteiger partial charge in [-0.25, -0.2) is 0 Å². The SMILES string of the molecule is C[C@]1(O)C[C@@H](C(=O)N2CC3(CCC(Oc4cccc(OC(F)(F)F)c4)CC3)C2)C1. The molecule has 2 aliphatic carbocycles. The highest BCUT2D eigenvalue weighted by Crippen LogP contribution is 2.47. The molecule has 3 fully saturated rings. The van der Waals surface area contributed by atoms with Crippen LogP contribution in [0.15, 0.2) is 24.3 Å². The zero-order valence-corrected chi connectivity index (χ0v) is 16.4. The van der Waals surface area contributed by atoms with E-state index >= 15 is 0 Å². The predicted octanol–water partition coefficient (Wildman–Crippen LogP) is 3.90. The van der Waals surface area contributed by atoms with Crippen LogP contribution in [0.25, 0.3) is 0 Å². The zero-order valence-electron chi connectivity index (χ0n) is 16.4. The maximum Gasteiger partial charge on any atom is 0.573 e. The summed E-state index contributed by atoms with van der Waals surface area (Å²) in [7, 11) is 0. The zero-order chi connectivity index (χ0) is 20.9. The summed E-state index contributed by atoms with van der Waals surface area (Å²) in [5.74, 6) is 0.191. The van der Waals surface area contributed by atoms with Crippen LogP contribution in [0.1, 0.15) is 45.4 Å². The standard InChI is InChI=1S/C21H26F3NO4/c1-19(27)10-14(11-19)18(26)25-12-20(13-25)7-5-15(6-8-20)28-16-3-2-4-17(9-16)29-21(22,23)24/h2-4,9,14-15,27H,5-8,10-13H2,1H3/t14-,19+. The van der Waals surface area contributed by atoms with Gasteiger partial charge in [0.05, 0.1) is 11.7 Å². The molecule has 8 heteroatoms. The summed E-state index contributed by atoms with van der Waals surface area (Å²) in [6.07, 6.45) is -0.197. The topological polar surface area (TPSA) is 59.0 Å². The fourth-order valence-electron chi connectivity index (χ4n) is 4.93. The number of hydrogen-bond donors (Lipinski definition) is 1. The van der Waals surface area contributed by atoms with Crippen LogP contribution in [0.4, 0.5) is 13.2 Å². The lowest BCUT2D eigenvalue weighted by molar-refractivity contribution is -0.274. The minimum atomic E-state index is -4.72. The molecule has 0 bridgehead atoms. The molecule has 1 N–H and O–H groups in total. The second-order valence-electron chi connectivity index (χ2n) is 9.14. The Morgan fingerprint density at radius 1 is 1.17 bits per heavy atom. The average Bonchev–Trinajstić information content (AvgIpc) is 2.57. The van der Waals surface area contributed by atoms with Crippen molar-refractivity contribution < 1.29 is 32.5 Å². The summed E-state index contributed by atoms with van der Waals surface area (Å²) < 4.78 is 46.9. The first-order valence-corrected chi connectivity index (χ1v) is 10.1. The Balaban J connectivity index is 1.24. The second-order valence-corrected chi connectivity index (χ2v) is 9.14. The average molecular weight is 413 g/mol. The van der Waals surface area contributed by atoms with Gasteiger partial charge in [-0.2, -0.15) is 0 Å². The van der Waals surface area contributed by atoms with Crippen LogP contribution < -0.4 is 9.47 Å². The number of aliphatic hydroxyl groups is 1. The molecule has 0 atom stereocenters. The Morgan fingerprint density at radius 2 is 1.79 bits per heavy atom. The third kappa shape index (κ3) is 4.63. The minimum Gasteiger partial charge on any atom is -0.490 e. The van der Waals surface area contributed by atoms with Crippen LogP contribution in [0.3, 0.4) is 0 Å². The van der Waals surface area contributed by atoms with E-state index < -0.39 is 12.0 Å². The van der Waals surface area contributed by atoms with Crippen molar-refractivity contribution in [2.24, 2.45) is 11.3 Å². The highest BCUT2D eigenvalue weighted by molar-refractivity contribution is 5.81. The third-order valence-corrected chi connectivity index (χ3v) is 6.42. The van der Waals surface area contributed by atoms with E-state index in [-0.39, 0.29) is 29.1 Å². The Hall–Kier alpha value is -1.96. The summed E-state index contributed by atoms with van der Waals surface area (Å²) in [4.78, 5) is 14.4. The van der Waals surface area contributed by atoms with E-state index in [2.05, 4.69) is 4.74 Å². The predicted molar refractivity (Wildman–Crippen MR) is 98.4 cm³/mol. The molecule has 2 saturated carbocycles. The van der Waals surface area contributed by atoms with Crippen LogP contribution in [-0.2, 0) is 4.79 Å². The van der Waals surface area contributed by atoms with Crippen LogP contribution in [-0.4, -0.2) is 47.1 Å². The van der Waals surface area contributed by atoms with Crippen LogP contribution in [0.2, 0.25) is 0 Å². The van der Waals surface area contributed by atoms with Crippen molar-refractivity contribution >= 4 is 5.91 Å². The van der Waals surface area contributed by atoms with Gasteiger partial charge in [0.15, 0.2) is 0 Å². The van der Waals surface area contributed by atoms with Crippen molar-refractivity contribution in [1.29, 1.82) is 0 Å². The lowest BCUT2D eigenvalue weighted by Crippen LogP contribution is -2.63. The molecule has 3 aliphatic rings.